The van der Waals surface area contributed by atoms with E-state index in [0.29, 0.717) is 22.4 Å². The van der Waals surface area contributed by atoms with E-state index < -0.39 is 52.0 Å². The van der Waals surface area contributed by atoms with Crippen molar-refractivity contribution < 1.29 is 34.8 Å². The molecule has 0 heterocycles. The van der Waals surface area contributed by atoms with Crippen molar-refractivity contribution in [3.8, 4) is 16.9 Å². The van der Waals surface area contributed by atoms with Gasteiger partial charge in [-0.3, -0.25) is 14.4 Å². The minimum absolute atomic E-state index is 0.00308. The van der Waals surface area contributed by atoms with E-state index in [-0.39, 0.29) is 36.1 Å². The molecule has 3 aliphatic rings. The fraction of sp³-hybridized carbons (Fsp3) is 0.296. The average molecular weight is 491 g/mol. The number of phenolic OH excluding ortho intramolecular Hbond substituents is 1. The number of hydrogen-bond donors (Lipinski definition) is 5. The van der Waals surface area contributed by atoms with Gasteiger partial charge < -0.3 is 31.1 Å². The van der Waals surface area contributed by atoms with Gasteiger partial charge in [-0.15, -0.1) is 0 Å². The maximum atomic E-state index is 13.9. The zero-order valence-electron chi connectivity index (χ0n) is 19.8. The number of anilines is 1. The summed E-state index contributed by atoms with van der Waals surface area (Å²) in [6, 6.07) is 10.8. The van der Waals surface area contributed by atoms with Crippen molar-refractivity contribution in [2.45, 2.75) is 24.9 Å². The van der Waals surface area contributed by atoms with Crippen LogP contribution in [-0.2, 0) is 16.0 Å². The number of Topliss-reactive ketones (excluding diaryl/α,β-unsaturated/α-hetero) is 2. The monoisotopic (exact) mass is 490 g/mol. The molecule has 0 bridgehead atoms. The highest BCUT2D eigenvalue weighted by Crippen LogP contribution is 2.53. The molecule has 186 valence electrons. The maximum absolute atomic E-state index is 13.9. The van der Waals surface area contributed by atoms with E-state index in [9.17, 15) is 34.8 Å². The Morgan fingerprint density at radius 2 is 1.75 bits per heavy atom. The average Bonchev–Trinajstić information content (AvgIpc) is 2.81. The molecule has 0 aliphatic heterocycles. The van der Waals surface area contributed by atoms with Gasteiger partial charge in [0.05, 0.1) is 5.56 Å². The van der Waals surface area contributed by atoms with E-state index in [1.54, 1.807) is 24.3 Å². The summed E-state index contributed by atoms with van der Waals surface area (Å²) in [5.41, 5.74) is 4.12. The van der Waals surface area contributed by atoms with Crippen LogP contribution in [0.15, 0.2) is 59.1 Å². The van der Waals surface area contributed by atoms with Crippen molar-refractivity contribution in [3.63, 3.8) is 0 Å². The van der Waals surface area contributed by atoms with Gasteiger partial charge in [0.15, 0.2) is 11.4 Å². The maximum Gasteiger partial charge on any atom is 0.255 e. The van der Waals surface area contributed by atoms with Crippen molar-refractivity contribution in [3.05, 3.63) is 70.2 Å². The summed E-state index contributed by atoms with van der Waals surface area (Å²) in [4.78, 5) is 40.6. The Bertz CT molecular complexity index is 1410. The van der Waals surface area contributed by atoms with Gasteiger partial charge in [-0.1, -0.05) is 30.3 Å². The summed E-state index contributed by atoms with van der Waals surface area (Å²) in [6.07, 6.45) is 0.0929. The molecule has 0 aromatic heterocycles. The summed E-state index contributed by atoms with van der Waals surface area (Å²) < 4.78 is 0. The minimum Gasteiger partial charge on any atom is -0.511 e. The molecule has 2 aromatic carbocycles. The number of aliphatic hydroxyl groups is 3. The fourth-order valence-electron chi connectivity index (χ4n) is 5.90. The van der Waals surface area contributed by atoms with Crippen molar-refractivity contribution in [1.82, 2.24) is 0 Å². The normalized spacial score (nSPS) is 25.3. The minimum atomic E-state index is -2.58. The summed E-state index contributed by atoms with van der Waals surface area (Å²) in [7, 11) is 3.64. The lowest BCUT2D eigenvalue weighted by molar-refractivity contribution is -0.144. The predicted octanol–water partition coefficient (Wildman–Crippen LogP) is 2.31. The van der Waals surface area contributed by atoms with E-state index in [1.807, 2.05) is 31.1 Å². The number of carbonyl (C=O) groups excluding carboxylic acids is 3. The first kappa shape index (κ1) is 23.6. The SMILES string of the molecule is CN(C)c1cc(-c2ccccc2)c(O)c2c1C[C@H]1C[C@H]3CC(O)=C(C(N)=O)C(=O)[C@@]3(O)C(O)=C1C2=O. The molecule has 9 nitrogen and oxygen atoms in total. The van der Waals surface area contributed by atoms with Crippen LogP contribution in [-0.4, -0.2) is 57.6 Å². The number of allylic oxidation sites excluding steroid dienone is 2. The number of fused-ring (bicyclic) bond motifs is 3. The van der Waals surface area contributed by atoms with Gasteiger partial charge in [-0.05, 0) is 36.0 Å². The van der Waals surface area contributed by atoms with E-state index in [4.69, 9.17) is 5.73 Å². The third-order valence-electron chi connectivity index (χ3n) is 7.60. The number of ketones is 2. The lowest BCUT2D eigenvalue weighted by Gasteiger charge is -2.46. The Kier molecular flexibility index (Phi) is 5.22. The Hall–Kier alpha value is -4.11. The molecule has 5 rings (SSSR count). The first-order valence-electron chi connectivity index (χ1n) is 11.6. The molecular formula is C27H26N2O7. The molecule has 9 heteroatoms. The molecule has 1 amide bonds. The van der Waals surface area contributed by atoms with Gasteiger partial charge in [0.2, 0.25) is 5.78 Å². The van der Waals surface area contributed by atoms with Crippen LogP contribution >= 0.6 is 0 Å². The van der Waals surface area contributed by atoms with Crippen LogP contribution in [0.2, 0.25) is 0 Å². The van der Waals surface area contributed by atoms with Crippen molar-refractivity contribution in [2.75, 3.05) is 19.0 Å². The molecule has 36 heavy (non-hydrogen) atoms. The van der Waals surface area contributed by atoms with Crippen LogP contribution in [0.3, 0.4) is 0 Å². The number of hydrogen-bond acceptors (Lipinski definition) is 8. The molecule has 0 saturated carbocycles. The van der Waals surface area contributed by atoms with Crippen molar-refractivity contribution in [2.24, 2.45) is 17.6 Å². The van der Waals surface area contributed by atoms with Crippen LogP contribution in [0, 0.1) is 11.8 Å². The molecule has 3 aliphatic carbocycles. The summed E-state index contributed by atoms with van der Waals surface area (Å²) in [5.74, 6) is -6.36. The first-order valence-corrected chi connectivity index (χ1v) is 11.6. The van der Waals surface area contributed by atoms with Gasteiger partial charge in [0.1, 0.15) is 22.8 Å². The van der Waals surface area contributed by atoms with E-state index in [0.717, 1.165) is 0 Å². The Morgan fingerprint density at radius 1 is 1.08 bits per heavy atom. The molecular weight excluding hydrogens is 464 g/mol. The number of primary amides is 1. The van der Waals surface area contributed by atoms with E-state index in [2.05, 4.69) is 0 Å². The zero-order chi connectivity index (χ0) is 26.1. The lowest BCUT2D eigenvalue weighted by Crippen LogP contribution is -2.57. The quantitative estimate of drug-likeness (QED) is 0.410. The number of phenols is 1. The van der Waals surface area contributed by atoms with Gasteiger partial charge >= 0.3 is 0 Å². The third-order valence-corrected chi connectivity index (χ3v) is 7.60. The van der Waals surface area contributed by atoms with Gasteiger partial charge in [-0.2, -0.15) is 0 Å². The second kappa shape index (κ2) is 7.96. The van der Waals surface area contributed by atoms with E-state index >= 15 is 0 Å². The van der Waals surface area contributed by atoms with Crippen LogP contribution in [0.25, 0.3) is 11.1 Å². The molecule has 0 saturated heterocycles. The standard InChI is InChI=1S/C27H26N2O7/c1-29(2)17-11-15(12-6-4-3-5-7-12)22(31)20-16(17)9-13-8-14-10-18(30)21(26(28)35)25(34)27(14,36)24(33)19(13)23(20)32/h3-7,11,13-14,30-31,33,36H,8-10H2,1-2H3,(H2,28,35)/t13-,14+,27+/m1/s1. The number of amides is 1. The second-order valence-electron chi connectivity index (χ2n) is 9.82. The van der Waals surface area contributed by atoms with Crippen molar-refractivity contribution in [1.29, 1.82) is 0 Å². The van der Waals surface area contributed by atoms with Crippen LogP contribution < -0.4 is 10.6 Å². The molecule has 0 fully saturated rings. The molecule has 0 unspecified atom stereocenters. The number of benzene rings is 2. The fourth-order valence-corrected chi connectivity index (χ4v) is 5.90. The number of rotatable bonds is 3. The number of carbonyl (C=O) groups is 3. The largest absolute Gasteiger partial charge is 0.511 e. The first-order chi connectivity index (χ1) is 17.0. The van der Waals surface area contributed by atoms with E-state index in [1.165, 1.54) is 0 Å². The van der Waals surface area contributed by atoms with Gasteiger partial charge in [0.25, 0.3) is 5.91 Å². The lowest BCUT2D eigenvalue weighted by atomic mass is 9.60. The molecule has 6 N–H and O–H groups in total. The predicted molar refractivity (Wildman–Crippen MR) is 131 cm³/mol. The number of nitrogens with zero attached hydrogens (tertiary/aromatic N) is 1. The molecule has 0 radical (unpaired) electrons. The Labute approximate surface area is 206 Å². The summed E-state index contributed by atoms with van der Waals surface area (Å²) >= 11 is 0. The van der Waals surface area contributed by atoms with Crippen LogP contribution in [0.5, 0.6) is 5.75 Å². The Morgan fingerprint density at radius 3 is 2.36 bits per heavy atom. The highest BCUT2D eigenvalue weighted by molar-refractivity contribution is 6.24. The second-order valence-corrected chi connectivity index (χ2v) is 9.82. The third kappa shape index (κ3) is 3.09. The molecule has 0 spiro atoms. The zero-order valence-corrected chi connectivity index (χ0v) is 19.8. The highest BCUT2D eigenvalue weighted by Gasteiger charge is 2.59. The van der Waals surface area contributed by atoms with Crippen LogP contribution in [0.4, 0.5) is 5.69 Å². The summed E-state index contributed by atoms with van der Waals surface area (Å²) in [6.45, 7) is 0. The van der Waals surface area contributed by atoms with Gasteiger partial charge in [-0.25, -0.2) is 0 Å². The smallest absolute Gasteiger partial charge is 0.255 e. The number of aliphatic hydroxyl groups excluding tert-OH is 2. The summed E-state index contributed by atoms with van der Waals surface area (Å²) in [5, 5.41) is 44.1. The molecule has 3 atom stereocenters. The molecule has 2 aromatic rings. The Balaban J connectivity index is 1.73. The van der Waals surface area contributed by atoms with Gasteiger partial charge in [0, 0.05) is 43.3 Å². The number of nitrogens with two attached hydrogens (primary N) is 1. The number of aromatic hydroxyl groups is 1. The highest BCUT2D eigenvalue weighted by atomic mass is 16.3. The topological polar surface area (TPSA) is 161 Å². The van der Waals surface area contributed by atoms with Crippen LogP contribution in [0.1, 0.15) is 28.8 Å². The van der Waals surface area contributed by atoms with Crippen molar-refractivity contribution >= 4 is 23.2 Å².